The highest BCUT2D eigenvalue weighted by Crippen LogP contribution is 2.43. The van der Waals surface area contributed by atoms with Crippen LogP contribution in [0.1, 0.15) is 70.0 Å². The Labute approximate surface area is 170 Å². The van der Waals surface area contributed by atoms with Gasteiger partial charge in [-0.3, -0.25) is 0 Å². The second-order valence-corrected chi connectivity index (χ2v) is 9.42. The lowest BCUT2D eigenvalue weighted by molar-refractivity contribution is -0.319. The molecule has 1 saturated carbocycles. The highest BCUT2D eigenvalue weighted by atomic mass is 19.4. The summed E-state index contributed by atoms with van der Waals surface area (Å²) in [5.74, 6) is -0.553. The minimum atomic E-state index is -4.32. The van der Waals surface area contributed by atoms with E-state index >= 15 is 0 Å². The standard InChI is InChI=1S/C22H32F3NO3/c1-16(17-4-6-18(7-5-17)22(23,24)25)26-13-12-20(27)8-10-21(11-9-20)28-14-19(2,3)15-29-21/h4-7,16,26-27H,8-15H2,1-3H3. The third kappa shape index (κ3) is 5.72. The Balaban J connectivity index is 1.44. The Bertz CT molecular complexity index is 668. The Morgan fingerprint density at radius 2 is 1.59 bits per heavy atom. The average molecular weight is 415 g/mol. The fraction of sp³-hybridized carbons (Fsp3) is 0.727. The quantitative estimate of drug-likeness (QED) is 0.724. The molecule has 0 aromatic heterocycles. The number of hydrogen-bond acceptors (Lipinski definition) is 4. The smallest absolute Gasteiger partial charge is 0.390 e. The summed E-state index contributed by atoms with van der Waals surface area (Å²) in [4.78, 5) is 0. The van der Waals surface area contributed by atoms with Crippen LogP contribution < -0.4 is 5.32 Å². The molecule has 3 rings (SSSR count). The van der Waals surface area contributed by atoms with Crippen molar-refractivity contribution < 1.29 is 27.8 Å². The summed E-state index contributed by atoms with van der Waals surface area (Å²) in [7, 11) is 0. The molecule has 1 aliphatic heterocycles. The summed E-state index contributed by atoms with van der Waals surface area (Å²) in [5, 5.41) is 14.2. The Morgan fingerprint density at radius 1 is 1.03 bits per heavy atom. The van der Waals surface area contributed by atoms with Crippen molar-refractivity contribution in [1.82, 2.24) is 5.32 Å². The second-order valence-electron chi connectivity index (χ2n) is 9.42. The van der Waals surface area contributed by atoms with Crippen molar-refractivity contribution in [3.63, 3.8) is 0 Å². The summed E-state index contributed by atoms with van der Waals surface area (Å²) in [6, 6.07) is 5.11. The molecule has 1 spiro atoms. The van der Waals surface area contributed by atoms with Crippen LogP contribution in [0.3, 0.4) is 0 Å². The van der Waals surface area contributed by atoms with Crippen LogP contribution >= 0.6 is 0 Å². The van der Waals surface area contributed by atoms with E-state index in [0.717, 1.165) is 17.7 Å². The van der Waals surface area contributed by atoms with Gasteiger partial charge in [-0.05, 0) is 50.4 Å². The predicted octanol–water partition coefficient (Wildman–Crippen LogP) is 4.82. The van der Waals surface area contributed by atoms with Gasteiger partial charge in [-0.1, -0.05) is 26.0 Å². The van der Waals surface area contributed by atoms with Crippen molar-refractivity contribution >= 4 is 0 Å². The van der Waals surface area contributed by atoms with Gasteiger partial charge in [-0.2, -0.15) is 13.2 Å². The Morgan fingerprint density at radius 3 is 2.10 bits per heavy atom. The van der Waals surface area contributed by atoms with Gasteiger partial charge in [0.15, 0.2) is 5.79 Å². The maximum absolute atomic E-state index is 12.7. The lowest BCUT2D eigenvalue weighted by Crippen LogP contribution is -2.52. The molecule has 1 unspecified atom stereocenters. The molecule has 1 atom stereocenters. The first-order valence-electron chi connectivity index (χ1n) is 10.3. The number of ether oxygens (including phenoxy) is 2. The van der Waals surface area contributed by atoms with Gasteiger partial charge < -0.3 is 19.9 Å². The number of rotatable bonds is 5. The van der Waals surface area contributed by atoms with E-state index in [0.29, 0.717) is 51.9 Å². The Kier molecular flexibility index (Phi) is 6.35. The van der Waals surface area contributed by atoms with Crippen molar-refractivity contribution in [1.29, 1.82) is 0 Å². The van der Waals surface area contributed by atoms with Gasteiger partial charge in [0.05, 0.1) is 24.4 Å². The predicted molar refractivity (Wildman–Crippen MR) is 104 cm³/mol. The summed E-state index contributed by atoms with van der Waals surface area (Å²) in [6.07, 6.45) is -1.16. The third-order valence-corrected chi connectivity index (χ3v) is 6.17. The molecule has 0 amide bonds. The van der Waals surface area contributed by atoms with Gasteiger partial charge in [-0.15, -0.1) is 0 Å². The van der Waals surface area contributed by atoms with Gasteiger partial charge in [0, 0.05) is 24.3 Å². The maximum Gasteiger partial charge on any atom is 0.416 e. The van der Waals surface area contributed by atoms with E-state index in [9.17, 15) is 18.3 Å². The van der Waals surface area contributed by atoms with Crippen molar-refractivity contribution in [2.75, 3.05) is 19.8 Å². The monoisotopic (exact) mass is 415 g/mol. The van der Waals surface area contributed by atoms with Crippen LogP contribution in [0.2, 0.25) is 0 Å². The van der Waals surface area contributed by atoms with Gasteiger partial charge in [-0.25, -0.2) is 0 Å². The van der Waals surface area contributed by atoms with Crippen molar-refractivity contribution in [2.24, 2.45) is 5.41 Å². The number of aliphatic hydroxyl groups is 1. The van der Waals surface area contributed by atoms with E-state index in [1.807, 2.05) is 6.92 Å². The molecule has 164 valence electrons. The molecule has 1 aromatic carbocycles. The topological polar surface area (TPSA) is 50.7 Å². The minimum Gasteiger partial charge on any atom is -0.390 e. The lowest BCUT2D eigenvalue weighted by Gasteiger charge is -2.48. The molecule has 0 radical (unpaired) electrons. The van der Waals surface area contributed by atoms with E-state index in [4.69, 9.17) is 9.47 Å². The molecule has 1 aromatic rings. The van der Waals surface area contributed by atoms with Crippen molar-refractivity contribution in [3.05, 3.63) is 35.4 Å². The molecule has 2 N–H and O–H groups in total. The van der Waals surface area contributed by atoms with Crippen LogP contribution in [0, 0.1) is 5.41 Å². The molecule has 4 nitrogen and oxygen atoms in total. The molecule has 0 bridgehead atoms. The fourth-order valence-electron chi connectivity index (χ4n) is 3.97. The van der Waals surface area contributed by atoms with E-state index in [1.165, 1.54) is 12.1 Å². The number of alkyl halides is 3. The lowest BCUT2D eigenvalue weighted by atomic mass is 9.78. The van der Waals surface area contributed by atoms with E-state index in [2.05, 4.69) is 19.2 Å². The van der Waals surface area contributed by atoms with Gasteiger partial charge >= 0.3 is 6.18 Å². The van der Waals surface area contributed by atoms with Crippen LogP contribution in [-0.4, -0.2) is 36.3 Å². The molecule has 1 heterocycles. The van der Waals surface area contributed by atoms with E-state index in [1.54, 1.807) is 0 Å². The highest BCUT2D eigenvalue weighted by molar-refractivity contribution is 5.26. The minimum absolute atomic E-state index is 0.0252. The largest absolute Gasteiger partial charge is 0.416 e. The van der Waals surface area contributed by atoms with E-state index < -0.39 is 23.1 Å². The van der Waals surface area contributed by atoms with Gasteiger partial charge in [0.1, 0.15) is 0 Å². The summed E-state index contributed by atoms with van der Waals surface area (Å²) < 4.78 is 50.1. The zero-order valence-corrected chi connectivity index (χ0v) is 17.4. The van der Waals surface area contributed by atoms with Crippen LogP contribution in [0.15, 0.2) is 24.3 Å². The van der Waals surface area contributed by atoms with Crippen LogP contribution in [0.4, 0.5) is 13.2 Å². The van der Waals surface area contributed by atoms with Crippen LogP contribution in [0.25, 0.3) is 0 Å². The molecule has 29 heavy (non-hydrogen) atoms. The third-order valence-electron chi connectivity index (χ3n) is 6.17. The summed E-state index contributed by atoms with van der Waals surface area (Å²) in [6.45, 7) is 8.05. The SMILES string of the molecule is CC(NCCC1(O)CCC2(CC1)OCC(C)(C)CO2)c1ccc(C(F)(F)F)cc1. The molecule has 2 aliphatic rings. The van der Waals surface area contributed by atoms with Gasteiger partial charge in [0.2, 0.25) is 0 Å². The van der Waals surface area contributed by atoms with Crippen molar-refractivity contribution in [2.45, 2.75) is 76.5 Å². The first kappa shape index (κ1) is 22.5. The molecule has 7 heteroatoms. The summed E-state index contributed by atoms with van der Waals surface area (Å²) in [5.41, 5.74) is -0.594. The van der Waals surface area contributed by atoms with Crippen LogP contribution in [0.5, 0.6) is 0 Å². The Hall–Kier alpha value is -1.15. The number of nitrogens with one attached hydrogen (secondary N) is 1. The number of benzene rings is 1. The zero-order valence-electron chi connectivity index (χ0n) is 17.4. The fourth-order valence-corrected chi connectivity index (χ4v) is 3.97. The molecule has 1 aliphatic carbocycles. The zero-order chi connectivity index (χ0) is 21.3. The maximum atomic E-state index is 12.7. The molecular weight excluding hydrogens is 383 g/mol. The first-order valence-corrected chi connectivity index (χ1v) is 10.3. The van der Waals surface area contributed by atoms with E-state index in [-0.39, 0.29) is 11.5 Å². The first-order chi connectivity index (χ1) is 13.4. The number of hydrogen-bond donors (Lipinski definition) is 2. The molecular formula is C22H32F3NO3. The average Bonchev–Trinajstić information content (AvgIpc) is 2.66. The highest BCUT2D eigenvalue weighted by Gasteiger charge is 2.46. The summed E-state index contributed by atoms with van der Waals surface area (Å²) >= 11 is 0. The van der Waals surface area contributed by atoms with Gasteiger partial charge in [0.25, 0.3) is 0 Å². The molecule has 1 saturated heterocycles. The molecule has 2 fully saturated rings. The van der Waals surface area contributed by atoms with Crippen LogP contribution in [-0.2, 0) is 15.7 Å². The van der Waals surface area contributed by atoms with Crippen molar-refractivity contribution in [3.8, 4) is 0 Å². The second kappa shape index (κ2) is 8.17. The normalized spacial score (nSPS) is 24.4. The number of halogens is 3.